The van der Waals surface area contributed by atoms with Crippen molar-refractivity contribution in [3.63, 3.8) is 0 Å². The minimum Gasteiger partial charge on any atom is -0.317 e. The molecule has 1 fully saturated rings. The predicted molar refractivity (Wildman–Crippen MR) is 131 cm³/mol. The van der Waals surface area contributed by atoms with Crippen molar-refractivity contribution in [3.8, 4) is 0 Å². The van der Waals surface area contributed by atoms with Crippen LogP contribution in [0.15, 0.2) is 28.9 Å². The lowest BCUT2D eigenvalue weighted by Gasteiger charge is -2.24. The summed E-state index contributed by atoms with van der Waals surface area (Å²) < 4.78 is 15.3. The number of aromatic nitrogens is 3. The molecule has 1 N–H and O–H groups in total. The summed E-state index contributed by atoms with van der Waals surface area (Å²) >= 11 is 1.59. The van der Waals surface area contributed by atoms with Crippen molar-refractivity contribution >= 4 is 34.1 Å². The topological polar surface area (TPSA) is 46.0 Å². The zero-order valence-electron chi connectivity index (χ0n) is 19.5. The molecule has 0 aliphatic carbocycles. The average Bonchev–Trinajstić information content (AvgIpc) is 3.37. The number of allylic oxidation sites excluding steroid dienone is 5. The Labute approximate surface area is 189 Å². The van der Waals surface area contributed by atoms with Gasteiger partial charge in [0.15, 0.2) is 5.13 Å². The second-order valence-corrected chi connectivity index (χ2v) is 9.06. The molecule has 1 aliphatic rings. The number of anilines is 2. The van der Waals surface area contributed by atoms with Gasteiger partial charge in [-0.3, -0.25) is 4.57 Å². The molecule has 3 rings (SSSR count). The van der Waals surface area contributed by atoms with Crippen LogP contribution in [0.1, 0.15) is 57.7 Å². The number of nitrogens with one attached hydrogen (secondary N) is 1. The fraction of sp³-hybridized carbons (Fsp3) is 0.500. The van der Waals surface area contributed by atoms with Crippen LogP contribution < -0.4 is 10.2 Å². The Morgan fingerprint density at radius 3 is 2.61 bits per heavy atom. The molecule has 0 amide bonds. The third-order valence-electron chi connectivity index (χ3n) is 5.85. The number of hydrogen-bond donors (Lipinski definition) is 1. The van der Waals surface area contributed by atoms with Crippen LogP contribution in [0.5, 0.6) is 0 Å². The Morgan fingerprint density at radius 2 is 1.97 bits per heavy atom. The van der Waals surface area contributed by atoms with Crippen LogP contribution in [-0.2, 0) is 6.42 Å². The summed E-state index contributed by atoms with van der Waals surface area (Å²) in [6.45, 7) is 12.0. The van der Waals surface area contributed by atoms with E-state index < -0.39 is 0 Å². The zero-order valence-corrected chi connectivity index (χ0v) is 20.3. The minimum absolute atomic E-state index is 0.213. The molecule has 3 heterocycles. The molecule has 2 aromatic heterocycles. The van der Waals surface area contributed by atoms with E-state index in [1.807, 2.05) is 19.4 Å². The van der Waals surface area contributed by atoms with Gasteiger partial charge in [-0.1, -0.05) is 18.6 Å². The molecule has 0 spiro atoms. The van der Waals surface area contributed by atoms with Crippen molar-refractivity contribution in [3.05, 3.63) is 46.1 Å². The molecule has 0 saturated carbocycles. The van der Waals surface area contributed by atoms with Crippen LogP contribution in [0.3, 0.4) is 0 Å². The standard InChI is InChI=1S/C24H34FN5S/c1-7-21-23(29(6)24-28-22(15-31-24)16(2)8-9-18(4)25)30(19(5)27-21)14-17(3)20-10-12-26-13-11-20/h8-9,14-15,20,26H,7,10-13H2,1-6H3/b16-8+,17-14+,18-9+. The van der Waals surface area contributed by atoms with Crippen LogP contribution in [-0.4, -0.2) is 34.7 Å². The highest BCUT2D eigenvalue weighted by molar-refractivity contribution is 7.13. The number of halogens is 1. The van der Waals surface area contributed by atoms with Crippen LogP contribution in [0.2, 0.25) is 0 Å². The Kier molecular flexibility index (Phi) is 7.84. The first-order valence-corrected chi connectivity index (χ1v) is 11.9. The molecule has 0 unspecified atom stereocenters. The molecule has 1 saturated heterocycles. The number of nitrogens with zero attached hydrogens (tertiary/aromatic N) is 4. The summed E-state index contributed by atoms with van der Waals surface area (Å²) in [7, 11) is 2.05. The van der Waals surface area contributed by atoms with E-state index in [0.29, 0.717) is 5.92 Å². The van der Waals surface area contributed by atoms with Crippen molar-refractivity contribution in [1.29, 1.82) is 0 Å². The summed E-state index contributed by atoms with van der Waals surface area (Å²) in [6.07, 6.45) is 8.71. The third kappa shape index (κ3) is 5.52. The number of piperidine rings is 1. The van der Waals surface area contributed by atoms with E-state index in [2.05, 4.69) is 41.8 Å². The number of thiazole rings is 1. The zero-order chi connectivity index (χ0) is 22.5. The van der Waals surface area contributed by atoms with E-state index in [1.54, 1.807) is 17.4 Å². The van der Waals surface area contributed by atoms with Gasteiger partial charge in [-0.2, -0.15) is 0 Å². The lowest BCUT2D eigenvalue weighted by molar-refractivity contribution is 0.421. The number of aryl methyl sites for hydroxylation is 2. The van der Waals surface area contributed by atoms with Gasteiger partial charge in [-0.05, 0) is 77.6 Å². The van der Waals surface area contributed by atoms with Crippen LogP contribution in [0.4, 0.5) is 15.3 Å². The van der Waals surface area contributed by atoms with E-state index in [1.165, 1.54) is 31.4 Å². The number of hydrogen-bond acceptors (Lipinski definition) is 5. The quantitative estimate of drug-likeness (QED) is 0.524. The Hall–Kier alpha value is -2.25. The fourth-order valence-corrected chi connectivity index (χ4v) is 4.79. The van der Waals surface area contributed by atoms with Crippen LogP contribution >= 0.6 is 11.3 Å². The summed E-state index contributed by atoms with van der Waals surface area (Å²) in [6, 6.07) is 0. The van der Waals surface area contributed by atoms with Gasteiger partial charge in [0.2, 0.25) is 0 Å². The van der Waals surface area contributed by atoms with E-state index in [-0.39, 0.29) is 5.83 Å². The Balaban J connectivity index is 1.95. The van der Waals surface area contributed by atoms with Crippen molar-refractivity contribution in [2.45, 2.75) is 53.9 Å². The minimum atomic E-state index is -0.213. The number of imidazole rings is 1. The lowest BCUT2D eigenvalue weighted by atomic mass is 9.91. The molecule has 0 aromatic carbocycles. The Bertz CT molecular complexity index is 988. The second kappa shape index (κ2) is 10.4. The SMILES string of the molecule is CCc1nc(C)n(/C=C(\C)C2CCNCC2)c1N(C)c1nc(/C(C)=C/C=C(\C)F)cs1. The monoisotopic (exact) mass is 443 g/mol. The lowest BCUT2D eigenvalue weighted by Crippen LogP contribution is -2.28. The average molecular weight is 444 g/mol. The molecule has 1 aliphatic heterocycles. The predicted octanol–water partition coefficient (Wildman–Crippen LogP) is 6.12. The third-order valence-corrected chi connectivity index (χ3v) is 6.76. The molecule has 2 aromatic rings. The molecular formula is C24H34FN5S. The maximum absolute atomic E-state index is 13.1. The number of rotatable bonds is 7. The van der Waals surface area contributed by atoms with Gasteiger partial charge in [0.25, 0.3) is 0 Å². The summed E-state index contributed by atoms with van der Waals surface area (Å²) in [5.74, 6) is 2.45. The molecular weight excluding hydrogens is 409 g/mol. The summed E-state index contributed by atoms with van der Waals surface area (Å²) in [5.41, 5.74) is 4.27. The first-order valence-electron chi connectivity index (χ1n) is 11.0. The fourth-order valence-electron chi connectivity index (χ4n) is 3.94. The van der Waals surface area contributed by atoms with E-state index in [4.69, 9.17) is 9.97 Å². The molecule has 0 atom stereocenters. The van der Waals surface area contributed by atoms with Gasteiger partial charge < -0.3 is 10.2 Å². The largest absolute Gasteiger partial charge is 0.317 e. The van der Waals surface area contributed by atoms with Gasteiger partial charge in [0.1, 0.15) is 11.6 Å². The summed E-state index contributed by atoms with van der Waals surface area (Å²) in [5, 5.41) is 6.36. The van der Waals surface area contributed by atoms with Crippen molar-refractivity contribution < 1.29 is 4.39 Å². The highest BCUT2D eigenvalue weighted by atomic mass is 32.1. The normalized spacial score (nSPS) is 16.8. The smallest absolute Gasteiger partial charge is 0.191 e. The molecule has 0 bridgehead atoms. The van der Waals surface area contributed by atoms with Crippen LogP contribution in [0.25, 0.3) is 11.8 Å². The first-order chi connectivity index (χ1) is 14.8. The van der Waals surface area contributed by atoms with Gasteiger partial charge in [-0.25, -0.2) is 14.4 Å². The molecule has 168 valence electrons. The highest BCUT2D eigenvalue weighted by Crippen LogP contribution is 2.34. The molecule has 5 nitrogen and oxygen atoms in total. The first kappa shape index (κ1) is 23.4. The summed E-state index contributed by atoms with van der Waals surface area (Å²) in [4.78, 5) is 11.8. The molecule has 0 radical (unpaired) electrons. The van der Waals surface area contributed by atoms with E-state index >= 15 is 0 Å². The molecule has 31 heavy (non-hydrogen) atoms. The van der Waals surface area contributed by atoms with Crippen molar-refractivity contribution in [2.24, 2.45) is 5.92 Å². The van der Waals surface area contributed by atoms with Gasteiger partial charge in [0.05, 0.1) is 17.2 Å². The van der Waals surface area contributed by atoms with Gasteiger partial charge >= 0.3 is 0 Å². The Morgan fingerprint density at radius 1 is 1.26 bits per heavy atom. The van der Waals surface area contributed by atoms with E-state index in [0.717, 1.165) is 53.2 Å². The van der Waals surface area contributed by atoms with Crippen molar-refractivity contribution in [2.75, 3.05) is 25.0 Å². The van der Waals surface area contributed by atoms with Gasteiger partial charge in [-0.15, -0.1) is 11.3 Å². The van der Waals surface area contributed by atoms with Crippen LogP contribution in [0, 0.1) is 12.8 Å². The van der Waals surface area contributed by atoms with E-state index in [9.17, 15) is 4.39 Å². The van der Waals surface area contributed by atoms with Crippen molar-refractivity contribution in [1.82, 2.24) is 19.9 Å². The van der Waals surface area contributed by atoms with Gasteiger partial charge in [0, 0.05) is 18.6 Å². The highest BCUT2D eigenvalue weighted by Gasteiger charge is 2.21. The maximum Gasteiger partial charge on any atom is 0.191 e. The maximum atomic E-state index is 13.1. The second-order valence-electron chi connectivity index (χ2n) is 8.23. The molecule has 7 heteroatoms.